The van der Waals surface area contributed by atoms with Crippen LogP contribution in [-0.4, -0.2) is 123 Å². The van der Waals surface area contributed by atoms with Gasteiger partial charge in [0.2, 0.25) is 16.9 Å². The van der Waals surface area contributed by atoms with Gasteiger partial charge < -0.3 is 50.9 Å². The molecule has 7 atom stereocenters. The molecule has 1 aliphatic rings. The first-order valence-electron chi connectivity index (χ1n) is 16.2. The molecule has 2 aromatic heterocycles. The molecule has 2 amide bonds. The Labute approximate surface area is 318 Å². The first kappa shape index (κ1) is 46.7. The van der Waals surface area contributed by atoms with Crippen molar-refractivity contribution in [2.45, 2.75) is 71.2 Å². The number of nitrogens with one attached hydrogen (secondary N) is 2. The SMILES string of the molecule is CCC=C(C)C(=O)SCCNC(=O)CCNC(=O)[C@H](O)C(C)(C)COP(=O)(O)OP(=O)(O)OC[C@H]1O[C@@H](n2cnc3c(N)ncnc32)[C@H](O)[C@@H]1OP(=O)(O)O. The molecule has 3 rings (SSSR count). The normalized spacial score (nSPS) is 22.2. The molecule has 2 aromatic rings. The van der Waals surface area contributed by atoms with Gasteiger partial charge in [0.1, 0.15) is 36.3 Å². The number of imidazole rings is 1. The maximum atomic E-state index is 12.7. The zero-order chi connectivity index (χ0) is 41.4. The average Bonchev–Trinajstić information content (AvgIpc) is 3.64. The molecule has 0 radical (unpaired) electrons. The van der Waals surface area contributed by atoms with Gasteiger partial charge in [0.15, 0.2) is 17.7 Å². The molecule has 10 N–H and O–H groups in total. The van der Waals surface area contributed by atoms with Crippen LogP contribution in [0.4, 0.5) is 5.82 Å². The maximum absolute atomic E-state index is 12.7. The van der Waals surface area contributed by atoms with E-state index in [4.69, 9.17) is 19.5 Å². The Balaban J connectivity index is 1.50. The summed E-state index contributed by atoms with van der Waals surface area (Å²) in [5, 5.41) is 26.2. The highest BCUT2D eigenvalue weighted by Gasteiger charge is 2.50. The van der Waals surface area contributed by atoms with Crippen LogP contribution in [0.25, 0.3) is 11.2 Å². The van der Waals surface area contributed by atoms with E-state index in [-0.39, 0.29) is 41.6 Å². The number of nitrogens with two attached hydrogens (primary N) is 1. The number of fused-ring (bicyclic) bond motifs is 1. The molecule has 2 unspecified atom stereocenters. The summed E-state index contributed by atoms with van der Waals surface area (Å²) >= 11 is 1.05. The lowest BCUT2D eigenvalue weighted by Gasteiger charge is -2.30. The summed E-state index contributed by atoms with van der Waals surface area (Å²) in [6.07, 6.45) is -4.40. The van der Waals surface area contributed by atoms with E-state index in [2.05, 4.69) is 34.4 Å². The molecule has 1 aliphatic heterocycles. The number of aromatic nitrogens is 4. The Hall–Kier alpha value is -2.70. The van der Waals surface area contributed by atoms with Crippen molar-refractivity contribution in [1.29, 1.82) is 0 Å². The molecule has 0 spiro atoms. The quantitative estimate of drug-likeness (QED) is 0.0454. The van der Waals surface area contributed by atoms with E-state index in [1.54, 1.807) is 13.0 Å². The van der Waals surface area contributed by atoms with Gasteiger partial charge in [-0.05, 0) is 18.9 Å². The molecule has 28 heteroatoms. The molecular weight excluding hydrogens is 819 g/mol. The number of aliphatic hydroxyl groups excluding tert-OH is 2. The van der Waals surface area contributed by atoms with Crippen molar-refractivity contribution in [3.8, 4) is 0 Å². The van der Waals surface area contributed by atoms with Gasteiger partial charge in [0.25, 0.3) is 0 Å². The van der Waals surface area contributed by atoms with E-state index in [1.807, 2.05) is 6.92 Å². The monoisotopic (exact) mass is 863 g/mol. The third-order valence-electron chi connectivity index (χ3n) is 7.57. The minimum atomic E-state index is -5.57. The van der Waals surface area contributed by atoms with Crippen molar-refractivity contribution in [3.63, 3.8) is 0 Å². The van der Waals surface area contributed by atoms with Gasteiger partial charge >= 0.3 is 23.5 Å². The van der Waals surface area contributed by atoms with Crippen LogP contribution in [0.1, 0.15) is 46.8 Å². The van der Waals surface area contributed by atoms with Crippen LogP contribution in [0.5, 0.6) is 0 Å². The number of amides is 2. The van der Waals surface area contributed by atoms with Crippen LogP contribution in [0.2, 0.25) is 0 Å². The van der Waals surface area contributed by atoms with Crippen LogP contribution in [0.3, 0.4) is 0 Å². The Morgan fingerprint density at radius 1 is 1.09 bits per heavy atom. The lowest BCUT2D eigenvalue weighted by atomic mass is 9.87. The summed E-state index contributed by atoms with van der Waals surface area (Å²) in [5.41, 5.74) is 4.88. The molecule has 1 fully saturated rings. The molecule has 310 valence electrons. The number of thioether (sulfide) groups is 1. The number of phosphoric acid groups is 3. The molecule has 0 saturated carbocycles. The number of nitrogen functional groups attached to an aromatic ring is 1. The van der Waals surface area contributed by atoms with Gasteiger partial charge in [0, 0.05) is 30.7 Å². The fourth-order valence-corrected chi connectivity index (χ4v) is 8.31. The predicted octanol–water partition coefficient (Wildman–Crippen LogP) is 0.0210. The molecular formula is C27H44N7O17P3S. The first-order chi connectivity index (χ1) is 25.5. The Kier molecular flexibility index (Phi) is 16.7. The van der Waals surface area contributed by atoms with Crippen LogP contribution in [0, 0.1) is 5.41 Å². The summed E-state index contributed by atoms with van der Waals surface area (Å²) in [6.45, 7) is 4.09. The minimum absolute atomic E-state index is 0.0303. The second kappa shape index (κ2) is 19.6. The highest BCUT2D eigenvalue weighted by atomic mass is 32.2. The highest BCUT2D eigenvalue weighted by Crippen LogP contribution is 2.61. The Morgan fingerprint density at radius 3 is 2.42 bits per heavy atom. The third-order valence-corrected chi connectivity index (χ3v) is 11.7. The number of hydrogen-bond donors (Lipinski definition) is 9. The second-order valence-electron chi connectivity index (χ2n) is 12.5. The van der Waals surface area contributed by atoms with Crippen LogP contribution >= 0.6 is 35.2 Å². The topological polar surface area (TPSA) is 364 Å². The van der Waals surface area contributed by atoms with Crippen molar-refractivity contribution >= 4 is 69.1 Å². The van der Waals surface area contributed by atoms with E-state index in [9.17, 15) is 57.9 Å². The molecule has 0 aliphatic carbocycles. The minimum Gasteiger partial charge on any atom is -0.386 e. The number of carbonyl (C=O) groups is 3. The van der Waals surface area contributed by atoms with Crippen LogP contribution < -0.4 is 16.4 Å². The number of carbonyl (C=O) groups excluding carboxylic acids is 3. The summed E-state index contributed by atoms with van der Waals surface area (Å²) < 4.78 is 62.0. The molecule has 3 heterocycles. The Morgan fingerprint density at radius 2 is 1.76 bits per heavy atom. The summed E-state index contributed by atoms with van der Waals surface area (Å²) in [7, 11) is -16.4. The van der Waals surface area contributed by atoms with Crippen molar-refractivity contribution in [1.82, 2.24) is 30.2 Å². The van der Waals surface area contributed by atoms with Gasteiger partial charge in [-0.25, -0.2) is 28.6 Å². The third kappa shape index (κ3) is 14.0. The van der Waals surface area contributed by atoms with Gasteiger partial charge in [-0.3, -0.25) is 32.5 Å². The standard InChI is InChI=1S/C27H44N7O17P3S/c1-5-6-15(2)26(39)55-10-9-29-17(35)7-8-30-24(38)21(37)27(3,4)12-48-54(45,46)51-53(43,44)47-11-16-20(50-52(40,41)42)19(36)25(49-16)34-14-33-18-22(28)31-13-32-23(18)34/h6,13-14,16,19-21,25,36-37H,5,7-12H2,1-4H3,(H,29,35)(H,30,38)(H,43,44)(H,45,46)(H2,28,31,32)(H2,40,41,42)/t16-,19-,20-,21+,25-/m1/s1. The lowest BCUT2D eigenvalue weighted by molar-refractivity contribution is -0.137. The van der Waals surface area contributed by atoms with Crippen molar-refractivity contribution < 1.29 is 80.5 Å². The number of ether oxygens (including phenoxy) is 1. The van der Waals surface area contributed by atoms with Gasteiger partial charge in [-0.1, -0.05) is 38.6 Å². The van der Waals surface area contributed by atoms with Crippen LogP contribution in [-0.2, 0) is 50.7 Å². The van der Waals surface area contributed by atoms with Gasteiger partial charge in [0.05, 0.1) is 19.5 Å². The number of nitrogens with zero attached hydrogens (tertiary/aromatic N) is 4. The summed E-state index contributed by atoms with van der Waals surface area (Å²) in [4.78, 5) is 87.4. The van der Waals surface area contributed by atoms with E-state index in [1.165, 1.54) is 13.8 Å². The van der Waals surface area contributed by atoms with E-state index >= 15 is 0 Å². The fourth-order valence-electron chi connectivity index (χ4n) is 4.78. The van der Waals surface area contributed by atoms with Crippen molar-refractivity contribution in [3.05, 3.63) is 24.3 Å². The van der Waals surface area contributed by atoms with E-state index in [0.717, 1.165) is 35.4 Å². The molecule has 1 saturated heterocycles. The van der Waals surface area contributed by atoms with E-state index in [0.29, 0.717) is 11.3 Å². The van der Waals surface area contributed by atoms with Crippen molar-refractivity contribution in [2.75, 3.05) is 37.8 Å². The van der Waals surface area contributed by atoms with Crippen molar-refractivity contribution in [2.24, 2.45) is 5.41 Å². The summed E-state index contributed by atoms with van der Waals surface area (Å²) in [5.74, 6) is -1.12. The largest absolute Gasteiger partial charge is 0.481 e. The maximum Gasteiger partial charge on any atom is 0.481 e. The number of aliphatic hydroxyl groups is 2. The molecule has 24 nitrogen and oxygen atoms in total. The lowest BCUT2D eigenvalue weighted by Crippen LogP contribution is -2.46. The number of rotatable bonds is 21. The zero-order valence-corrected chi connectivity index (χ0v) is 33.4. The molecule has 0 aromatic carbocycles. The number of phosphoric ester groups is 3. The smallest absolute Gasteiger partial charge is 0.386 e. The highest BCUT2D eigenvalue weighted by molar-refractivity contribution is 8.14. The second-order valence-corrected chi connectivity index (χ2v) is 17.8. The zero-order valence-electron chi connectivity index (χ0n) is 29.9. The van der Waals surface area contributed by atoms with Gasteiger partial charge in [-0.15, -0.1) is 0 Å². The molecule has 55 heavy (non-hydrogen) atoms. The predicted molar refractivity (Wildman–Crippen MR) is 191 cm³/mol. The van der Waals surface area contributed by atoms with Crippen LogP contribution in [0.15, 0.2) is 24.3 Å². The Bertz CT molecular complexity index is 1860. The summed E-state index contributed by atoms with van der Waals surface area (Å²) in [6, 6.07) is 0. The number of hydrogen-bond acceptors (Lipinski definition) is 18. The fraction of sp³-hybridized carbons (Fsp3) is 0.630. The first-order valence-corrected chi connectivity index (χ1v) is 21.7. The number of anilines is 1. The van der Waals surface area contributed by atoms with E-state index < -0.39 is 84.6 Å². The number of allylic oxidation sites excluding steroid dienone is 1. The average molecular weight is 864 g/mol. The molecule has 0 bridgehead atoms. The van der Waals surface area contributed by atoms with Gasteiger partial charge in [-0.2, -0.15) is 4.31 Å².